The van der Waals surface area contributed by atoms with Gasteiger partial charge in [0, 0.05) is 56.0 Å². The summed E-state index contributed by atoms with van der Waals surface area (Å²) < 4.78 is 5.63. The van der Waals surface area contributed by atoms with Crippen LogP contribution in [0.3, 0.4) is 0 Å². The van der Waals surface area contributed by atoms with E-state index in [0.717, 1.165) is 35.3 Å². The van der Waals surface area contributed by atoms with Gasteiger partial charge in [0.05, 0.1) is 17.5 Å². The molecule has 1 fully saturated rings. The van der Waals surface area contributed by atoms with E-state index in [0.29, 0.717) is 49.3 Å². The van der Waals surface area contributed by atoms with E-state index in [1.165, 1.54) is 5.56 Å². The predicted octanol–water partition coefficient (Wildman–Crippen LogP) is 4.37. The number of fused-ring (bicyclic) bond motifs is 1. The van der Waals surface area contributed by atoms with Crippen molar-refractivity contribution in [2.24, 2.45) is 0 Å². The Morgan fingerprint density at radius 3 is 2.26 bits per heavy atom. The molecule has 0 atom stereocenters. The Labute approximate surface area is 280 Å². The van der Waals surface area contributed by atoms with Crippen molar-refractivity contribution in [3.63, 3.8) is 0 Å². The molecule has 3 aromatic carbocycles. The lowest BCUT2D eigenvalue weighted by atomic mass is 10.1. The number of halogens is 1. The summed E-state index contributed by atoms with van der Waals surface area (Å²) in [7, 11) is 3.91. The zero-order valence-electron chi connectivity index (χ0n) is 27.3. The number of hydrogen-bond acceptors (Lipinski definition) is 7. The molecule has 248 valence electrons. The number of amides is 3. The summed E-state index contributed by atoms with van der Waals surface area (Å²) in [6, 6.07) is 21.7. The summed E-state index contributed by atoms with van der Waals surface area (Å²) in [6.45, 7) is 7.15. The van der Waals surface area contributed by atoms with Gasteiger partial charge in [-0.2, -0.15) is 0 Å². The highest BCUT2D eigenvalue weighted by Crippen LogP contribution is 2.22. The number of nitrogens with one attached hydrogen (secondary N) is 2. The molecular formula is C36H42ClN5O5. The fourth-order valence-electron chi connectivity index (χ4n) is 5.05. The highest BCUT2D eigenvalue weighted by molar-refractivity contribution is 6.30. The third-order valence-corrected chi connectivity index (χ3v) is 8.05. The summed E-state index contributed by atoms with van der Waals surface area (Å²) in [5.41, 5.74) is 3.72. The number of anilines is 1. The minimum absolute atomic E-state index is 0.125. The molecule has 1 saturated heterocycles. The largest absolute Gasteiger partial charge is 0.451 e. The second-order valence-corrected chi connectivity index (χ2v) is 12.0. The van der Waals surface area contributed by atoms with Gasteiger partial charge in [-0.15, -0.1) is 0 Å². The summed E-state index contributed by atoms with van der Waals surface area (Å²) >= 11 is 5.61. The maximum absolute atomic E-state index is 12.8. The van der Waals surface area contributed by atoms with Gasteiger partial charge in [0.2, 0.25) is 5.91 Å². The molecular weight excluding hydrogens is 618 g/mol. The average Bonchev–Trinajstić information content (AvgIpc) is 3.08. The van der Waals surface area contributed by atoms with Crippen molar-refractivity contribution in [1.82, 2.24) is 20.4 Å². The molecule has 1 aromatic heterocycles. The molecule has 10 nitrogen and oxygen atoms in total. The SMILES string of the molecule is CCc1ccc2oc(C(=O)NCC(=O)N3CCN(c4ccccc4C(=O)NCCN(C)C)CC3)cc(=O)c2c1.Cc1ccc(Cl)cc1. The molecule has 2 heterocycles. The van der Waals surface area contributed by atoms with Crippen molar-refractivity contribution in [3.8, 4) is 0 Å². The number of para-hydroxylation sites is 1. The fourth-order valence-corrected chi connectivity index (χ4v) is 5.18. The smallest absolute Gasteiger partial charge is 0.287 e. The van der Waals surface area contributed by atoms with Crippen molar-refractivity contribution < 1.29 is 18.8 Å². The van der Waals surface area contributed by atoms with E-state index in [1.54, 1.807) is 23.1 Å². The van der Waals surface area contributed by atoms with Crippen molar-refractivity contribution in [3.05, 3.63) is 110 Å². The average molecular weight is 660 g/mol. The van der Waals surface area contributed by atoms with Crippen molar-refractivity contribution in [2.75, 3.05) is 64.8 Å². The first kappa shape index (κ1) is 35.2. The monoisotopic (exact) mass is 659 g/mol. The zero-order chi connectivity index (χ0) is 33.9. The molecule has 0 spiro atoms. The molecule has 0 bridgehead atoms. The fraction of sp³-hybridized carbons (Fsp3) is 0.333. The number of piperazine rings is 1. The number of carbonyl (C=O) groups excluding carboxylic acids is 3. The van der Waals surface area contributed by atoms with Gasteiger partial charge in [-0.05, 0) is 69.4 Å². The van der Waals surface area contributed by atoms with Gasteiger partial charge in [-0.1, -0.05) is 54.4 Å². The molecule has 2 N–H and O–H groups in total. The second-order valence-electron chi connectivity index (χ2n) is 11.6. The third kappa shape index (κ3) is 9.91. The van der Waals surface area contributed by atoms with E-state index in [4.69, 9.17) is 16.0 Å². The van der Waals surface area contributed by atoms with E-state index < -0.39 is 5.91 Å². The molecule has 3 amide bonds. The second kappa shape index (κ2) is 16.8. The Hall–Kier alpha value is -4.67. The summed E-state index contributed by atoms with van der Waals surface area (Å²) in [4.78, 5) is 56.5. The van der Waals surface area contributed by atoms with Gasteiger partial charge >= 0.3 is 0 Å². The zero-order valence-corrected chi connectivity index (χ0v) is 28.1. The number of likely N-dealkylation sites (N-methyl/N-ethyl adjacent to an activating group) is 1. The lowest BCUT2D eigenvalue weighted by molar-refractivity contribution is -0.130. The van der Waals surface area contributed by atoms with Gasteiger partial charge in [-0.3, -0.25) is 19.2 Å². The Balaban J connectivity index is 0.000000546. The lowest BCUT2D eigenvalue weighted by Crippen LogP contribution is -2.51. The highest BCUT2D eigenvalue weighted by atomic mass is 35.5. The summed E-state index contributed by atoms with van der Waals surface area (Å²) in [5.74, 6) is -1.10. The molecule has 0 radical (unpaired) electrons. The number of aryl methyl sites for hydroxylation is 2. The Bertz CT molecular complexity index is 1730. The van der Waals surface area contributed by atoms with Crippen LogP contribution < -0.4 is 21.0 Å². The van der Waals surface area contributed by atoms with Crippen LogP contribution in [0.2, 0.25) is 5.02 Å². The standard InChI is InChI=1S/C29H35N5O5.C7H7Cl/c1-4-20-9-10-25-22(17-20)24(35)18-26(39-25)29(38)31-19-27(36)34-15-13-33(14-16-34)23-8-6-5-7-21(23)28(37)30-11-12-32(2)3;1-6-2-4-7(8)5-3-6/h5-10,17-18H,4,11-16,19H2,1-3H3,(H,30,37)(H,31,38);2-5H,1H3. The van der Waals surface area contributed by atoms with Gasteiger partial charge in [-0.25, -0.2) is 0 Å². The van der Waals surface area contributed by atoms with E-state index in [9.17, 15) is 19.2 Å². The van der Waals surface area contributed by atoms with E-state index >= 15 is 0 Å². The predicted molar refractivity (Wildman–Crippen MR) is 187 cm³/mol. The first-order chi connectivity index (χ1) is 22.5. The summed E-state index contributed by atoms with van der Waals surface area (Å²) in [6.07, 6.45) is 0.785. The van der Waals surface area contributed by atoms with Crippen LogP contribution in [0.1, 0.15) is 39.0 Å². The molecule has 11 heteroatoms. The molecule has 0 aliphatic carbocycles. The number of rotatable bonds is 9. The number of hydrogen-bond donors (Lipinski definition) is 2. The Morgan fingerprint density at radius 1 is 0.894 bits per heavy atom. The van der Waals surface area contributed by atoms with Crippen molar-refractivity contribution in [2.45, 2.75) is 20.3 Å². The number of benzene rings is 3. The van der Waals surface area contributed by atoms with Crippen LogP contribution in [-0.4, -0.2) is 87.4 Å². The molecule has 0 saturated carbocycles. The third-order valence-electron chi connectivity index (χ3n) is 7.80. The van der Waals surface area contributed by atoms with Crippen LogP contribution >= 0.6 is 11.6 Å². The summed E-state index contributed by atoms with van der Waals surface area (Å²) in [5, 5.41) is 6.75. The molecule has 0 unspecified atom stereocenters. The lowest BCUT2D eigenvalue weighted by Gasteiger charge is -2.37. The minimum Gasteiger partial charge on any atom is -0.451 e. The maximum atomic E-state index is 12.8. The van der Waals surface area contributed by atoms with E-state index in [-0.39, 0.29) is 29.5 Å². The maximum Gasteiger partial charge on any atom is 0.287 e. The van der Waals surface area contributed by atoms with E-state index in [1.807, 2.05) is 81.4 Å². The van der Waals surface area contributed by atoms with Crippen molar-refractivity contribution >= 4 is 46.0 Å². The van der Waals surface area contributed by atoms with Crippen molar-refractivity contribution in [1.29, 1.82) is 0 Å². The molecule has 1 aliphatic heterocycles. The van der Waals surface area contributed by atoms with Crippen LogP contribution in [0.5, 0.6) is 0 Å². The van der Waals surface area contributed by atoms with Crippen LogP contribution in [0, 0.1) is 6.92 Å². The Morgan fingerprint density at radius 2 is 1.60 bits per heavy atom. The number of nitrogens with zero attached hydrogens (tertiary/aromatic N) is 3. The van der Waals surface area contributed by atoms with Crippen LogP contribution in [-0.2, 0) is 11.2 Å². The number of carbonyl (C=O) groups is 3. The van der Waals surface area contributed by atoms with Crippen LogP contribution in [0.25, 0.3) is 11.0 Å². The molecule has 4 aromatic rings. The highest BCUT2D eigenvalue weighted by Gasteiger charge is 2.24. The first-order valence-corrected chi connectivity index (χ1v) is 16.0. The van der Waals surface area contributed by atoms with E-state index in [2.05, 4.69) is 15.5 Å². The quantitative estimate of drug-likeness (QED) is 0.274. The van der Waals surface area contributed by atoms with Gasteiger partial charge in [0.15, 0.2) is 11.2 Å². The Kier molecular flexibility index (Phi) is 12.5. The minimum atomic E-state index is -0.616. The van der Waals surface area contributed by atoms with Gasteiger partial charge in [0.1, 0.15) is 5.58 Å². The molecule has 5 rings (SSSR count). The van der Waals surface area contributed by atoms with Gasteiger partial charge < -0.3 is 29.8 Å². The molecule has 47 heavy (non-hydrogen) atoms. The topological polar surface area (TPSA) is 115 Å². The molecule has 1 aliphatic rings. The first-order valence-electron chi connectivity index (χ1n) is 15.7. The van der Waals surface area contributed by atoms with Crippen LogP contribution in [0.15, 0.2) is 82.0 Å². The van der Waals surface area contributed by atoms with Crippen LogP contribution in [0.4, 0.5) is 5.69 Å². The normalized spacial score (nSPS) is 12.8. The van der Waals surface area contributed by atoms with Gasteiger partial charge in [0.25, 0.3) is 11.8 Å².